The van der Waals surface area contributed by atoms with Crippen molar-refractivity contribution < 1.29 is 9.53 Å². The minimum absolute atomic E-state index is 0.0518. The summed E-state index contributed by atoms with van der Waals surface area (Å²) >= 11 is 7.39. The van der Waals surface area contributed by atoms with Crippen LogP contribution < -0.4 is 4.74 Å². The van der Waals surface area contributed by atoms with Crippen LogP contribution in [-0.4, -0.2) is 24.0 Å². The first kappa shape index (κ1) is 17.1. The first-order valence-corrected chi connectivity index (χ1v) is 9.33. The number of nitrogens with zero attached hydrogens (tertiary/aromatic N) is 1. The van der Waals surface area contributed by atoms with Gasteiger partial charge in [-0.3, -0.25) is 4.79 Å². The van der Waals surface area contributed by atoms with Gasteiger partial charge in [0.15, 0.2) is 0 Å². The second kappa shape index (κ2) is 7.86. The van der Waals surface area contributed by atoms with Gasteiger partial charge >= 0.3 is 0 Å². The number of hydrogen-bond acceptors (Lipinski definition) is 3. The van der Waals surface area contributed by atoms with Crippen LogP contribution in [0.4, 0.5) is 0 Å². The van der Waals surface area contributed by atoms with Gasteiger partial charge in [0, 0.05) is 17.5 Å². The summed E-state index contributed by atoms with van der Waals surface area (Å²) in [6.07, 6.45) is 5.52. The van der Waals surface area contributed by atoms with Gasteiger partial charge in [0.05, 0.1) is 17.0 Å². The van der Waals surface area contributed by atoms with Crippen LogP contribution in [-0.2, 0) is 4.79 Å². The van der Waals surface area contributed by atoms with Gasteiger partial charge in [-0.1, -0.05) is 23.7 Å². The quantitative estimate of drug-likeness (QED) is 0.687. The van der Waals surface area contributed by atoms with Gasteiger partial charge < -0.3 is 9.64 Å². The fourth-order valence-electron chi connectivity index (χ4n) is 3.00. The predicted molar refractivity (Wildman–Crippen MR) is 99.7 cm³/mol. The average molecular weight is 362 g/mol. The second-order valence-corrected chi connectivity index (χ2v) is 7.41. The SMILES string of the molecule is CCOc1ccc(C2CCCN2C(=O)/C=C/c2ccc(Cl)s2)cc1. The molecule has 3 rings (SSSR count). The normalized spacial score (nSPS) is 17.6. The van der Waals surface area contributed by atoms with Crippen LogP contribution in [0.25, 0.3) is 6.08 Å². The van der Waals surface area contributed by atoms with Crippen molar-refractivity contribution in [2.75, 3.05) is 13.2 Å². The number of hydrogen-bond donors (Lipinski definition) is 0. The second-order valence-electron chi connectivity index (χ2n) is 5.67. The van der Waals surface area contributed by atoms with Crippen LogP contribution in [0, 0.1) is 0 Å². The molecule has 1 fully saturated rings. The van der Waals surface area contributed by atoms with E-state index < -0.39 is 0 Å². The highest BCUT2D eigenvalue weighted by Crippen LogP contribution is 2.33. The lowest BCUT2D eigenvalue weighted by Crippen LogP contribution is -2.28. The summed E-state index contributed by atoms with van der Waals surface area (Å²) in [5.41, 5.74) is 1.16. The molecule has 0 bridgehead atoms. The van der Waals surface area contributed by atoms with Crippen molar-refractivity contribution in [3.8, 4) is 5.75 Å². The first-order chi connectivity index (χ1) is 11.7. The number of likely N-dealkylation sites (tertiary alicyclic amines) is 1. The van der Waals surface area contributed by atoms with E-state index in [-0.39, 0.29) is 11.9 Å². The molecule has 2 aromatic rings. The van der Waals surface area contributed by atoms with Gasteiger partial charge in [0.2, 0.25) is 5.91 Å². The molecular formula is C19H20ClNO2S. The highest BCUT2D eigenvalue weighted by atomic mass is 35.5. The number of benzene rings is 1. The number of thiophene rings is 1. The average Bonchev–Trinajstić information content (AvgIpc) is 3.23. The standard InChI is InChI=1S/C19H20ClNO2S/c1-2-23-15-7-5-14(6-8-15)17-4-3-13-21(17)19(22)12-10-16-9-11-18(20)24-16/h5-12,17H,2-4,13H2,1H3/b12-10+. The zero-order valence-electron chi connectivity index (χ0n) is 13.6. The van der Waals surface area contributed by atoms with Crippen LogP contribution in [0.3, 0.4) is 0 Å². The van der Waals surface area contributed by atoms with Crippen molar-refractivity contribution >= 4 is 34.9 Å². The van der Waals surface area contributed by atoms with E-state index >= 15 is 0 Å². The molecule has 1 aliphatic rings. The largest absolute Gasteiger partial charge is 0.494 e. The van der Waals surface area contributed by atoms with Gasteiger partial charge in [-0.15, -0.1) is 11.3 Å². The highest BCUT2D eigenvalue weighted by molar-refractivity contribution is 7.17. The Hall–Kier alpha value is -1.78. The zero-order valence-corrected chi connectivity index (χ0v) is 15.1. The molecule has 0 N–H and O–H groups in total. The van der Waals surface area contributed by atoms with Crippen molar-refractivity contribution in [1.29, 1.82) is 0 Å². The van der Waals surface area contributed by atoms with E-state index in [0.29, 0.717) is 6.61 Å². The molecule has 0 saturated carbocycles. The van der Waals surface area contributed by atoms with Crippen molar-refractivity contribution in [2.24, 2.45) is 0 Å². The maximum absolute atomic E-state index is 12.6. The Morgan fingerprint density at radius 2 is 2.12 bits per heavy atom. The molecule has 1 unspecified atom stereocenters. The topological polar surface area (TPSA) is 29.5 Å². The third-order valence-electron chi connectivity index (χ3n) is 4.10. The molecule has 1 saturated heterocycles. The molecule has 0 aliphatic carbocycles. The van der Waals surface area contributed by atoms with Gasteiger partial charge in [0.25, 0.3) is 0 Å². The minimum atomic E-state index is 0.0518. The summed E-state index contributed by atoms with van der Waals surface area (Å²) < 4.78 is 6.22. The molecule has 24 heavy (non-hydrogen) atoms. The molecule has 2 heterocycles. The van der Waals surface area contributed by atoms with Gasteiger partial charge in [-0.2, -0.15) is 0 Å². The fourth-order valence-corrected chi connectivity index (χ4v) is 3.96. The summed E-state index contributed by atoms with van der Waals surface area (Å²) in [7, 11) is 0. The molecule has 3 nitrogen and oxygen atoms in total. The lowest BCUT2D eigenvalue weighted by atomic mass is 10.0. The molecule has 1 aromatic heterocycles. The number of rotatable bonds is 5. The van der Waals surface area contributed by atoms with Crippen molar-refractivity contribution in [1.82, 2.24) is 4.90 Å². The van der Waals surface area contributed by atoms with Crippen LogP contribution in [0.15, 0.2) is 42.5 Å². The molecule has 5 heteroatoms. The summed E-state index contributed by atoms with van der Waals surface area (Å²) in [5.74, 6) is 0.919. The molecule has 0 radical (unpaired) electrons. The zero-order chi connectivity index (χ0) is 16.9. The van der Waals surface area contributed by atoms with E-state index in [1.807, 2.05) is 42.2 Å². The lowest BCUT2D eigenvalue weighted by Gasteiger charge is -2.24. The molecule has 1 amide bonds. The van der Waals surface area contributed by atoms with E-state index in [1.165, 1.54) is 11.3 Å². The predicted octanol–water partition coefficient (Wildman–Crippen LogP) is 5.18. The Balaban J connectivity index is 1.70. The Bertz CT molecular complexity index is 723. The summed E-state index contributed by atoms with van der Waals surface area (Å²) in [5, 5.41) is 0. The Morgan fingerprint density at radius 3 is 2.79 bits per heavy atom. The molecule has 1 atom stereocenters. The van der Waals surface area contributed by atoms with E-state index in [2.05, 4.69) is 12.1 Å². The van der Waals surface area contributed by atoms with E-state index in [1.54, 1.807) is 6.08 Å². The minimum Gasteiger partial charge on any atom is -0.494 e. The van der Waals surface area contributed by atoms with E-state index in [4.69, 9.17) is 16.3 Å². The first-order valence-electron chi connectivity index (χ1n) is 8.14. The lowest BCUT2D eigenvalue weighted by molar-refractivity contribution is -0.126. The van der Waals surface area contributed by atoms with Crippen molar-refractivity contribution in [3.05, 3.63) is 57.3 Å². The smallest absolute Gasteiger partial charge is 0.247 e. The van der Waals surface area contributed by atoms with Gasteiger partial charge in [0.1, 0.15) is 5.75 Å². The van der Waals surface area contributed by atoms with E-state index in [0.717, 1.165) is 39.9 Å². The maximum Gasteiger partial charge on any atom is 0.247 e. The molecule has 0 spiro atoms. The van der Waals surface area contributed by atoms with E-state index in [9.17, 15) is 4.79 Å². The molecule has 1 aliphatic heterocycles. The Kier molecular flexibility index (Phi) is 5.59. The number of halogens is 1. The number of carbonyl (C=O) groups excluding carboxylic acids is 1. The van der Waals surface area contributed by atoms with Crippen molar-refractivity contribution in [2.45, 2.75) is 25.8 Å². The Labute approximate surface area is 151 Å². The molecule has 126 valence electrons. The monoisotopic (exact) mass is 361 g/mol. The summed E-state index contributed by atoms with van der Waals surface area (Å²) in [6, 6.07) is 12.0. The Morgan fingerprint density at radius 1 is 1.33 bits per heavy atom. The van der Waals surface area contributed by atoms with Crippen LogP contribution in [0.5, 0.6) is 5.75 Å². The fraction of sp³-hybridized carbons (Fsp3) is 0.316. The van der Waals surface area contributed by atoms with Crippen molar-refractivity contribution in [3.63, 3.8) is 0 Å². The third kappa shape index (κ3) is 4.00. The van der Waals surface area contributed by atoms with Gasteiger partial charge in [-0.25, -0.2) is 0 Å². The summed E-state index contributed by atoms with van der Waals surface area (Å²) in [6.45, 7) is 3.43. The number of carbonyl (C=O) groups is 1. The number of amides is 1. The number of ether oxygens (including phenoxy) is 1. The van der Waals surface area contributed by atoms with Crippen LogP contribution in [0.1, 0.15) is 36.2 Å². The maximum atomic E-state index is 12.6. The third-order valence-corrected chi connectivity index (χ3v) is 5.29. The van der Waals surface area contributed by atoms with Crippen LogP contribution >= 0.6 is 22.9 Å². The summed E-state index contributed by atoms with van der Waals surface area (Å²) in [4.78, 5) is 15.5. The van der Waals surface area contributed by atoms with Gasteiger partial charge in [-0.05, 0) is 55.7 Å². The molecule has 1 aromatic carbocycles. The van der Waals surface area contributed by atoms with Crippen LogP contribution in [0.2, 0.25) is 4.34 Å². The highest BCUT2D eigenvalue weighted by Gasteiger charge is 2.28. The molecular weight excluding hydrogens is 342 g/mol.